The highest BCUT2D eigenvalue weighted by molar-refractivity contribution is 5.98. The number of esters is 2. The van der Waals surface area contributed by atoms with Crippen LogP contribution in [-0.4, -0.2) is 24.5 Å². The molecule has 6 nitrogen and oxygen atoms in total. The number of aryl methyl sites for hydroxylation is 1. The van der Waals surface area contributed by atoms with Crippen LogP contribution in [0, 0.1) is 6.92 Å². The Kier molecular flexibility index (Phi) is 5.21. The third-order valence-corrected chi connectivity index (χ3v) is 3.10. The van der Waals surface area contributed by atoms with E-state index in [0.29, 0.717) is 18.1 Å². The average molecular weight is 326 g/mol. The maximum Gasteiger partial charge on any atom is 0.347 e. The molecule has 2 aromatic rings. The summed E-state index contributed by atoms with van der Waals surface area (Å²) in [5.74, 6) is -1.54. The van der Waals surface area contributed by atoms with Gasteiger partial charge in [0.2, 0.25) is 0 Å². The molecule has 0 radical (unpaired) electrons. The molecule has 0 saturated carbocycles. The normalized spacial score (nSPS) is 9.92. The first kappa shape index (κ1) is 17.1. The number of carbonyl (C=O) groups excluding carboxylic acids is 4. The van der Waals surface area contributed by atoms with Crippen molar-refractivity contribution in [1.29, 1.82) is 0 Å². The maximum atomic E-state index is 12.4. The number of hydrogen-bond acceptors (Lipinski definition) is 6. The van der Waals surface area contributed by atoms with Crippen molar-refractivity contribution in [3.63, 3.8) is 0 Å². The molecule has 0 fully saturated rings. The highest BCUT2D eigenvalue weighted by Crippen LogP contribution is 2.26. The Hall–Kier alpha value is -3.28. The van der Waals surface area contributed by atoms with Crippen molar-refractivity contribution in [2.45, 2.75) is 13.8 Å². The van der Waals surface area contributed by atoms with E-state index in [0.717, 1.165) is 0 Å². The molecule has 122 valence electrons. The molecule has 24 heavy (non-hydrogen) atoms. The molecule has 0 bridgehead atoms. The lowest BCUT2D eigenvalue weighted by Crippen LogP contribution is -2.14. The molecule has 0 atom stereocenters. The van der Waals surface area contributed by atoms with Crippen LogP contribution in [0.5, 0.6) is 11.5 Å². The van der Waals surface area contributed by atoms with Gasteiger partial charge in [-0.15, -0.1) is 0 Å². The van der Waals surface area contributed by atoms with Crippen molar-refractivity contribution < 1.29 is 28.7 Å². The van der Waals surface area contributed by atoms with Crippen LogP contribution in [0.25, 0.3) is 0 Å². The molecule has 0 saturated heterocycles. The van der Waals surface area contributed by atoms with E-state index in [1.54, 1.807) is 19.1 Å². The van der Waals surface area contributed by atoms with Crippen LogP contribution in [0.4, 0.5) is 0 Å². The molecule has 0 heterocycles. The largest absolute Gasteiger partial charge is 0.426 e. The molecule has 0 spiro atoms. The predicted octanol–water partition coefficient (Wildman–Crippen LogP) is 2.76. The molecule has 0 aliphatic carbocycles. The van der Waals surface area contributed by atoms with Crippen molar-refractivity contribution in [1.82, 2.24) is 0 Å². The van der Waals surface area contributed by atoms with Gasteiger partial charge in [0.15, 0.2) is 18.3 Å². The number of hydrogen-bond donors (Lipinski definition) is 0. The summed E-state index contributed by atoms with van der Waals surface area (Å²) in [4.78, 5) is 45.9. The standard InChI is InChI=1S/C18H14O6/c1-11-7-13(9-19)17(14(8-11)10-20)24-18(22)15-5-3-4-6-16(15)23-12(2)21/h3-10H,1-2H3. The van der Waals surface area contributed by atoms with E-state index >= 15 is 0 Å². The van der Waals surface area contributed by atoms with E-state index in [-0.39, 0.29) is 28.2 Å². The minimum atomic E-state index is -0.845. The molecule has 2 aromatic carbocycles. The van der Waals surface area contributed by atoms with Gasteiger partial charge in [0.05, 0.1) is 11.1 Å². The Morgan fingerprint density at radius 3 is 2.08 bits per heavy atom. The summed E-state index contributed by atoms with van der Waals surface area (Å²) >= 11 is 0. The molecular formula is C18H14O6. The van der Waals surface area contributed by atoms with Gasteiger partial charge in [-0.25, -0.2) is 4.79 Å². The quantitative estimate of drug-likeness (QED) is 0.477. The average Bonchev–Trinajstić information content (AvgIpc) is 2.55. The first-order valence-corrected chi connectivity index (χ1v) is 7.01. The number of aldehydes is 2. The van der Waals surface area contributed by atoms with Crippen molar-refractivity contribution in [2.24, 2.45) is 0 Å². The van der Waals surface area contributed by atoms with Crippen LogP contribution in [0.1, 0.15) is 43.6 Å². The molecule has 2 rings (SSSR count). The summed E-state index contributed by atoms with van der Waals surface area (Å²) in [6.07, 6.45) is 1.00. The SMILES string of the molecule is CC(=O)Oc1ccccc1C(=O)Oc1c(C=O)cc(C)cc1C=O. The molecular weight excluding hydrogens is 312 g/mol. The Morgan fingerprint density at radius 1 is 0.958 bits per heavy atom. The van der Waals surface area contributed by atoms with Crippen molar-refractivity contribution in [3.8, 4) is 11.5 Å². The minimum absolute atomic E-state index is 0.00183. The Labute approximate surface area is 138 Å². The summed E-state index contributed by atoms with van der Waals surface area (Å²) in [6, 6.07) is 9.01. The first-order chi connectivity index (χ1) is 11.5. The summed E-state index contributed by atoms with van der Waals surface area (Å²) in [5, 5.41) is 0. The predicted molar refractivity (Wildman–Crippen MR) is 84.7 cm³/mol. The van der Waals surface area contributed by atoms with Crippen LogP contribution in [0.3, 0.4) is 0 Å². The Bertz CT molecular complexity index is 793. The van der Waals surface area contributed by atoms with Crippen LogP contribution in [0.15, 0.2) is 36.4 Å². The van der Waals surface area contributed by atoms with E-state index in [1.165, 1.54) is 31.2 Å². The Morgan fingerprint density at radius 2 is 1.54 bits per heavy atom. The highest BCUT2D eigenvalue weighted by atomic mass is 16.5. The third kappa shape index (κ3) is 3.73. The van der Waals surface area contributed by atoms with Gasteiger partial charge in [0.25, 0.3) is 0 Å². The van der Waals surface area contributed by atoms with Gasteiger partial charge in [-0.3, -0.25) is 14.4 Å². The lowest BCUT2D eigenvalue weighted by atomic mass is 10.1. The fraction of sp³-hybridized carbons (Fsp3) is 0.111. The number of benzene rings is 2. The lowest BCUT2D eigenvalue weighted by Gasteiger charge is -2.12. The van der Waals surface area contributed by atoms with Gasteiger partial charge >= 0.3 is 11.9 Å². The summed E-state index contributed by atoms with van der Waals surface area (Å²) in [7, 11) is 0. The van der Waals surface area contributed by atoms with Gasteiger partial charge in [-0.2, -0.15) is 0 Å². The van der Waals surface area contributed by atoms with E-state index < -0.39 is 11.9 Å². The van der Waals surface area contributed by atoms with Crippen LogP contribution in [-0.2, 0) is 4.79 Å². The van der Waals surface area contributed by atoms with E-state index in [4.69, 9.17) is 9.47 Å². The van der Waals surface area contributed by atoms with E-state index in [9.17, 15) is 19.2 Å². The molecule has 0 aliphatic heterocycles. The lowest BCUT2D eigenvalue weighted by molar-refractivity contribution is -0.131. The molecule has 0 N–H and O–H groups in total. The molecule has 0 aromatic heterocycles. The summed E-state index contributed by atoms with van der Waals surface area (Å²) in [5.41, 5.74) is 0.840. The molecule has 0 unspecified atom stereocenters. The number of carbonyl (C=O) groups is 4. The van der Waals surface area contributed by atoms with Gasteiger partial charge in [-0.05, 0) is 36.8 Å². The topological polar surface area (TPSA) is 86.7 Å². The van der Waals surface area contributed by atoms with Crippen LogP contribution >= 0.6 is 0 Å². The zero-order valence-electron chi connectivity index (χ0n) is 13.1. The molecule has 0 amide bonds. The fourth-order valence-corrected chi connectivity index (χ4v) is 2.15. The fourth-order valence-electron chi connectivity index (χ4n) is 2.15. The van der Waals surface area contributed by atoms with Crippen molar-refractivity contribution >= 4 is 24.5 Å². The zero-order chi connectivity index (χ0) is 17.7. The first-order valence-electron chi connectivity index (χ1n) is 7.01. The monoisotopic (exact) mass is 326 g/mol. The second-order valence-electron chi connectivity index (χ2n) is 4.99. The van der Waals surface area contributed by atoms with Crippen LogP contribution < -0.4 is 9.47 Å². The zero-order valence-corrected chi connectivity index (χ0v) is 13.1. The van der Waals surface area contributed by atoms with Crippen molar-refractivity contribution in [3.05, 3.63) is 58.7 Å². The van der Waals surface area contributed by atoms with Gasteiger partial charge in [0, 0.05) is 6.92 Å². The van der Waals surface area contributed by atoms with Crippen molar-refractivity contribution in [2.75, 3.05) is 0 Å². The maximum absolute atomic E-state index is 12.4. The van der Waals surface area contributed by atoms with E-state index in [2.05, 4.69) is 0 Å². The minimum Gasteiger partial charge on any atom is -0.426 e. The van der Waals surface area contributed by atoms with Gasteiger partial charge in [0.1, 0.15) is 11.3 Å². The number of para-hydroxylation sites is 1. The molecule has 6 heteroatoms. The van der Waals surface area contributed by atoms with E-state index in [1.807, 2.05) is 0 Å². The van der Waals surface area contributed by atoms with Crippen LogP contribution in [0.2, 0.25) is 0 Å². The smallest absolute Gasteiger partial charge is 0.347 e. The second-order valence-corrected chi connectivity index (χ2v) is 4.99. The van der Waals surface area contributed by atoms with Gasteiger partial charge < -0.3 is 9.47 Å². The molecule has 0 aliphatic rings. The highest BCUT2D eigenvalue weighted by Gasteiger charge is 2.19. The number of ether oxygens (including phenoxy) is 2. The number of rotatable bonds is 5. The summed E-state index contributed by atoms with van der Waals surface area (Å²) < 4.78 is 10.2. The third-order valence-electron chi connectivity index (χ3n) is 3.10. The Balaban J connectivity index is 2.43. The summed E-state index contributed by atoms with van der Waals surface area (Å²) in [6.45, 7) is 2.92. The van der Waals surface area contributed by atoms with Gasteiger partial charge in [-0.1, -0.05) is 12.1 Å². The second kappa shape index (κ2) is 7.32.